The molecule has 0 atom stereocenters. The second kappa shape index (κ2) is 15.7. The van der Waals surface area contributed by atoms with E-state index in [-0.39, 0.29) is 5.16 Å². The highest BCUT2D eigenvalue weighted by Gasteiger charge is 2.36. The van der Waals surface area contributed by atoms with Crippen LogP contribution in [0.4, 0.5) is 0 Å². The van der Waals surface area contributed by atoms with Gasteiger partial charge in [0, 0.05) is 12.4 Å². The molecule has 0 aliphatic rings. The average molecular weight is 589 g/mol. The van der Waals surface area contributed by atoms with Crippen LogP contribution in [-0.4, -0.2) is 25.8 Å². The van der Waals surface area contributed by atoms with Gasteiger partial charge in [-0.25, -0.2) is 4.98 Å². The van der Waals surface area contributed by atoms with Gasteiger partial charge in [-0.05, 0) is 29.5 Å². The lowest BCUT2D eigenvalue weighted by atomic mass is 9.41. The molecule has 0 bridgehead atoms. The topological polar surface area (TPSA) is 17.8 Å². The molecule has 0 spiro atoms. The third-order valence-corrected chi connectivity index (χ3v) is 10.8. The van der Waals surface area contributed by atoms with Gasteiger partial charge < -0.3 is 4.57 Å². The Kier molecular flexibility index (Phi) is 11.0. The summed E-state index contributed by atoms with van der Waals surface area (Å²) in [5, 5.41) is 1.28. The quantitative estimate of drug-likeness (QED) is 0.158. The number of rotatable bonds is 11. The summed E-state index contributed by atoms with van der Waals surface area (Å²) in [5.74, 6) is 1.99. The van der Waals surface area contributed by atoms with Gasteiger partial charge in [0.2, 0.25) is 6.71 Å². The first-order chi connectivity index (χ1) is 21.7. The Morgan fingerprint density at radius 3 is 1.75 bits per heavy atom. The molecule has 1 aromatic heterocycles. The van der Waals surface area contributed by atoms with Crippen LogP contribution in [0.5, 0.6) is 0 Å². The van der Waals surface area contributed by atoms with E-state index in [1.807, 2.05) is 30.6 Å². The van der Waals surface area contributed by atoms with Gasteiger partial charge in [0.05, 0.1) is 21.0 Å². The SMILES string of the molecule is C=CB(c1ccccc1)c1ccccc1.CCCCc1cccc([SiH2]C(c2ccccc2)(c2ccccc2)n2ccnc2)c1. The van der Waals surface area contributed by atoms with Crippen LogP contribution in [0, 0.1) is 0 Å². The molecule has 44 heavy (non-hydrogen) atoms. The summed E-state index contributed by atoms with van der Waals surface area (Å²) in [7, 11) is -0.791. The molecule has 0 unspecified atom stereocenters. The van der Waals surface area contributed by atoms with Crippen LogP contribution in [0.2, 0.25) is 0 Å². The second-order valence-electron chi connectivity index (χ2n) is 11.2. The first kappa shape index (κ1) is 30.8. The van der Waals surface area contributed by atoms with Crippen molar-refractivity contribution in [3.63, 3.8) is 0 Å². The fourth-order valence-corrected chi connectivity index (χ4v) is 8.49. The van der Waals surface area contributed by atoms with Crippen LogP contribution in [0.25, 0.3) is 0 Å². The third-order valence-electron chi connectivity index (χ3n) is 8.27. The van der Waals surface area contributed by atoms with E-state index in [9.17, 15) is 0 Å². The number of hydrogen-bond acceptors (Lipinski definition) is 1. The number of hydrogen-bond donors (Lipinski definition) is 0. The summed E-state index contributed by atoms with van der Waals surface area (Å²) in [6.07, 6.45) is 9.63. The van der Waals surface area contributed by atoms with Gasteiger partial charge in [-0.1, -0.05) is 175 Å². The van der Waals surface area contributed by atoms with Crippen LogP contribution in [-0.2, 0) is 11.6 Å². The molecule has 0 saturated heterocycles. The molecule has 6 rings (SSSR count). The number of unbranched alkanes of at least 4 members (excludes halogenated alkanes) is 1. The number of aryl methyl sites for hydroxylation is 1. The summed E-state index contributed by atoms with van der Waals surface area (Å²) in [6.45, 7) is 6.47. The fourth-order valence-electron chi connectivity index (χ4n) is 6.03. The minimum Gasteiger partial charge on any atom is -0.326 e. The molecule has 6 aromatic rings. The largest absolute Gasteiger partial charge is 0.326 e. The summed E-state index contributed by atoms with van der Waals surface area (Å²) in [6, 6.07) is 52.0. The lowest BCUT2D eigenvalue weighted by Gasteiger charge is -2.37. The maximum atomic E-state index is 4.42. The van der Waals surface area contributed by atoms with Gasteiger partial charge in [-0.15, -0.1) is 12.6 Å². The summed E-state index contributed by atoms with van der Waals surface area (Å²) < 4.78 is 2.32. The van der Waals surface area contributed by atoms with E-state index < -0.39 is 9.52 Å². The van der Waals surface area contributed by atoms with Crippen molar-refractivity contribution in [2.45, 2.75) is 31.3 Å². The van der Waals surface area contributed by atoms with Crippen molar-refractivity contribution in [3.05, 3.63) is 194 Å². The molecule has 0 amide bonds. The van der Waals surface area contributed by atoms with Crippen LogP contribution in [0.1, 0.15) is 36.5 Å². The first-order valence-electron chi connectivity index (χ1n) is 15.6. The van der Waals surface area contributed by atoms with Crippen LogP contribution >= 0.6 is 0 Å². The molecule has 0 saturated carbocycles. The monoisotopic (exact) mass is 588 g/mol. The van der Waals surface area contributed by atoms with Gasteiger partial charge in [0.1, 0.15) is 0 Å². The van der Waals surface area contributed by atoms with Gasteiger partial charge in [-0.3, -0.25) is 0 Å². The molecule has 5 aromatic carbocycles. The highest BCUT2D eigenvalue weighted by atomic mass is 28.2. The van der Waals surface area contributed by atoms with Gasteiger partial charge in [0.15, 0.2) is 0 Å². The lowest BCUT2D eigenvalue weighted by molar-refractivity contribution is 0.596. The molecule has 0 fully saturated rings. The predicted molar refractivity (Wildman–Crippen MR) is 193 cm³/mol. The molecule has 0 N–H and O–H groups in total. The summed E-state index contributed by atoms with van der Waals surface area (Å²) in [4.78, 5) is 4.42. The Labute approximate surface area is 266 Å². The van der Waals surface area contributed by atoms with Crippen molar-refractivity contribution in [1.82, 2.24) is 9.55 Å². The van der Waals surface area contributed by atoms with Crippen molar-refractivity contribution < 1.29 is 0 Å². The molecule has 4 heteroatoms. The zero-order valence-electron chi connectivity index (χ0n) is 25.7. The van der Waals surface area contributed by atoms with E-state index in [1.54, 1.807) is 0 Å². The Morgan fingerprint density at radius 2 is 1.27 bits per heavy atom. The highest BCUT2D eigenvalue weighted by molar-refractivity contribution is 6.89. The molecule has 0 radical (unpaired) electrons. The molecular weight excluding hydrogens is 547 g/mol. The zero-order valence-corrected chi connectivity index (χ0v) is 27.1. The normalized spacial score (nSPS) is 11.1. The number of imidazole rings is 1. The summed E-state index contributed by atoms with van der Waals surface area (Å²) >= 11 is 0. The molecule has 0 aliphatic heterocycles. The molecule has 0 aliphatic carbocycles. The van der Waals surface area contributed by atoms with Crippen molar-refractivity contribution >= 4 is 32.3 Å². The van der Waals surface area contributed by atoms with E-state index in [1.165, 1.54) is 45.6 Å². The Morgan fingerprint density at radius 1 is 0.727 bits per heavy atom. The van der Waals surface area contributed by atoms with Gasteiger partial charge in [-0.2, -0.15) is 0 Å². The molecular formula is C40H41BN2Si. The van der Waals surface area contributed by atoms with Crippen molar-refractivity contribution in [2.24, 2.45) is 0 Å². The van der Waals surface area contributed by atoms with Crippen LogP contribution in [0.15, 0.2) is 177 Å². The van der Waals surface area contributed by atoms with E-state index in [0.717, 1.165) is 6.42 Å². The molecule has 1 heterocycles. The van der Waals surface area contributed by atoms with Gasteiger partial charge in [0.25, 0.3) is 0 Å². The van der Waals surface area contributed by atoms with Crippen LogP contribution in [0.3, 0.4) is 0 Å². The maximum Gasteiger partial charge on any atom is 0.233 e. The van der Waals surface area contributed by atoms with E-state index in [4.69, 9.17) is 0 Å². The highest BCUT2D eigenvalue weighted by Crippen LogP contribution is 2.33. The smallest absolute Gasteiger partial charge is 0.233 e. The predicted octanol–water partition coefficient (Wildman–Crippen LogP) is 6.49. The third kappa shape index (κ3) is 7.45. The van der Waals surface area contributed by atoms with Crippen molar-refractivity contribution in [2.75, 3.05) is 0 Å². The fraction of sp³-hybridized carbons (Fsp3) is 0.125. The first-order valence-corrected chi connectivity index (χ1v) is 17.1. The van der Waals surface area contributed by atoms with E-state index in [2.05, 4.69) is 163 Å². The minimum atomic E-state index is -0.791. The minimum absolute atomic E-state index is 0.206. The van der Waals surface area contributed by atoms with E-state index >= 15 is 0 Å². The Balaban J connectivity index is 0.000000215. The summed E-state index contributed by atoms with van der Waals surface area (Å²) in [5.41, 5.74) is 6.69. The number of aromatic nitrogens is 2. The number of benzene rings is 5. The second-order valence-corrected chi connectivity index (χ2v) is 13.4. The van der Waals surface area contributed by atoms with Crippen molar-refractivity contribution in [1.29, 1.82) is 0 Å². The Bertz CT molecular complexity index is 1590. The Hall–Kier alpha value is -4.67. The van der Waals surface area contributed by atoms with Crippen LogP contribution < -0.4 is 16.1 Å². The van der Waals surface area contributed by atoms with Gasteiger partial charge >= 0.3 is 0 Å². The molecule has 218 valence electrons. The maximum absolute atomic E-state index is 4.42. The number of nitrogens with zero attached hydrogens (tertiary/aromatic N) is 2. The lowest BCUT2D eigenvalue weighted by Crippen LogP contribution is -2.46. The zero-order chi connectivity index (χ0) is 30.5. The standard InChI is InChI=1S/C26H28N2Si.C14H13B/c1-2-3-11-22-12-10-17-25(20-22)29-26(28-19-18-27-21-28,23-13-6-4-7-14-23)24-15-8-5-9-16-24;1-2-15(13-9-5-3-6-10-13)14-11-7-4-8-12-14/h4-10,12-21H,2-3,11,29H2,1H3;2-12H,1H2. The molecule has 2 nitrogen and oxygen atoms in total. The van der Waals surface area contributed by atoms with E-state index in [0.29, 0.717) is 6.71 Å². The average Bonchev–Trinajstić information content (AvgIpc) is 3.65. The van der Waals surface area contributed by atoms with Crippen molar-refractivity contribution in [3.8, 4) is 0 Å².